The number of anilines is 2. The van der Waals surface area contributed by atoms with Crippen LogP contribution in [0.5, 0.6) is 0 Å². The Morgan fingerprint density at radius 1 is 0.682 bits per heavy atom. The van der Waals surface area contributed by atoms with E-state index in [4.69, 9.17) is 9.41 Å². The molecule has 0 amide bonds. The number of benzene rings is 6. The maximum absolute atomic E-state index is 9.52. The molecule has 5 heteroatoms. The molecule has 44 heavy (non-hydrogen) atoms. The highest BCUT2D eigenvalue weighted by atomic mass is 16.3. The van der Waals surface area contributed by atoms with E-state index in [0.717, 1.165) is 72.7 Å². The molecule has 2 N–H and O–H groups in total. The van der Waals surface area contributed by atoms with Crippen LogP contribution in [0.2, 0.25) is 0 Å². The quantitative estimate of drug-likeness (QED) is 0.218. The van der Waals surface area contributed by atoms with E-state index in [0.29, 0.717) is 5.56 Å². The number of rotatable bonds is 5. The standard InChI is InChI=1S/C39H26N4O/c40-24-25-10-8-13-27(20-25)38-31-17-4-6-18-34(31)42-39(43-38)28-14-9-15-29(21-28)41-35-22-33-30-16-5-7-19-36(30)44-37(33)23-32(35)26-11-2-1-3-12-26/h1-23,38,41H,(H,42,43). The smallest absolute Gasteiger partial charge is 0.136 e. The van der Waals surface area contributed by atoms with E-state index < -0.39 is 0 Å². The number of para-hydroxylation sites is 2. The van der Waals surface area contributed by atoms with Crippen molar-refractivity contribution in [3.8, 4) is 17.2 Å². The Morgan fingerprint density at radius 2 is 1.48 bits per heavy atom. The van der Waals surface area contributed by atoms with Crippen LogP contribution in [-0.2, 0) is 0 Å². The van der Waals surface area contributed by atoms with Gasteiger partial charge in [0.1, 0.15) is 17.0 Å². The first-order chi connectivity index (χ1) is 21.7. The molecule has 5 nitrogen and oxygen atoms in total. The van der Waals surface area contributed by atoms with Gasteiger partial charge in [0, 0.05) is 38.8 Å². The molecular formula is C39H26N4O. The molecule has 0 fully saturated rings. The molecule has 1 aromatic heterocycles. The third-order valence-electron chi connectivity index (χ3n) is 8.13. The molecule has 0 spiro atoms. The molecule has 1 atom stereocenters. The van der Waals surface area contributed by atoms with E-state index in [1.54, 1.807) is 0 Å². The van der Waals surface area contributed by atoms with Gasteiger partial charge in [0.25, 0.3) is 0 Å². The topological polar surface area (TPSA) is 73.3 Å². The molecule has 7 aromatic rings. The minimum absolute atomic E-state index is 0.134. The molecule has 1 aliphatic rings. The normalized spacial score (nSPS) is 14.0. The first-order valence-corrected chi connectivity index (χ1v) is 14.6. The number of hydrogen-bond acceptors (Lipinski definition) is 5. The fourth-order valence-electron chi connectivity index (χ4n) is 6.03. The van der Waals surface area contributed by atoms with Gasteiger partial charge in [0.15, 0.2) is 0 Å². The second kappa shape index (κ2) is 10.6. The Balaban J connectivity index is 1.20. The molecule has 1 unspecified atom stereocenters. The molecule has 0 aliphatic carbocycles. The van der Waals surface area contributed by atoms with E-state index in [1.807, 2.05) is 66.7 Å². The van der Waals surface area contributed by atoms with Gasteiger partial charge < -0.3 is 15.1 Å². The lowest BCUT2D eigenvalue weighted by molar-refractivity contribution is 0.669. The third-order valence-corrected chi connectivity index (χ3v) is 8.13. The Morgan fingerprint density at radius 3 is 2.39 bits per heavy atom. The number of nitrogens with zero attached hydrogens (tertiary/aromatic N) is 2. The highest BCUT2D eigenvalue weighted by Gasteiger charge is 2.24. The number of hydrogen-bond donors (Lipinski definition) is 2. The maximum atomic E-state index is 9.52. The van der Waals surface area contributed by atoms with Crippen LogP contribution in [-0.4, -0.2) is 5.84 Å². The summed E-state index contributed by atoms with van der Waals surface area (Å²) >= 11 is 0. The van der Waals surface area contributed by atoms with Gasteiger partial charge in [-0.05, 0) is 59.7 Å². The van der Waals surface area contributed by atoms with Gasteiger partial charge in [-0.3, -0.25) is 0 Å². The zero-order chi connectivity index (χ0) is 29.5. The minimum atomic E-state index is -0.134. The van der Waals surface area contributed by atoms with Crippen molar-refractivity contribution in [2.75, 3.05) is 5.32 Å². The van der Waals surface area contributed by atoms with E-state index in [2.05, 4.69) is 89.5 Å². The first-order valence-electron chi connectivity index (χ1n) is 14.6. The van der Waals surface area contributed by atoms with Gasteiger partial charge in [-0.25, -0.2) is 4.99 Å². The lowest BCUT2D eigenvalue weighted by Crippen LogP contribution is -2.32. The van der Waals surface area contributed by atoms with Crippen molar-refractivity contribution in [3.05, 3.63) is 162 Å². The SMILES string of the molecule is N#Cc1cccc(C2NC(c3cccc(Nc4cc5c(cc4-c4ccccc4)oc4ccccc45)c3)=Nc3ccccc32)c1. The molecule has 0 bridgehead atoms. The van der Waals surface area contributed by atoms with Gasteiger partial charge in [-0.1, -0.05) is 91.0 Å². The Labute approximate surface area is 254 Å². The van der Waals surface area contributed by atoms with Gasteiger partial charge in [0.05, 0.1) is 23.4 Å². The maximum Gasteiger partial charge on any atom is 0.136 e. The van der Waals surface area contributed by atoms with Crippen LogP contribution >= 0.6 is 0 Å². The van der Waals surface area contributed by atoms with Crippen molar-refractivity contribution in [1.82, 2.24) is 5.32 Å². The molecule has 6 aromatic carbocycles. The highest BCUT2D eigenvalue weighted by molar-refractivity contribution is 6.09. The van der Waals surface area contributed by atoms with E-state index >= 15 is 0 Å². The summed E-state index contributed by atoms with van der Waals surface area (Å²) in [5.74, 6) is 0.777. The van der Waals surface area contributed by atoms with Crippen molar-refractivity contribution < 1.29 is 4.42 Å². The number of aliphatic imine (C=N–C) groups is 1. The van der Waals surface area contributed by atoms with E-state index in [-0.39, 0.29) is 6.04 Å². The number of nitriles is 1. The molecule has 2 heterocycles. The summed E-state index contributed by atoms with van der Waals surface area (Å²) in [6.07, 6.45) is 0. The zero-order valence-electron chi connectivity index (χ0n) is 23.7. The van der Waals surface area contributed by atoms with Crippen LogP contribution in [0.3, 0.4) is 0 Å². The number of nitrogens with one attached hydrogen (secondary N) is 2. The van der Waals surface area contributed by atoms with Crippen LogP contribution < -0.4 is 10.6 Å². The Hall–Kier alpha value is -6.12. The summed E-state index contributed by atoms with van der Waals surface area (Å²) in [5.41, 5.74) is 10.4. The van der Waals surface area contributed by atoms with E-state index in [1.165, 1.54) is 0 Å². The molecular weight excluding hydrogens is 540 g/mol. The molecule has 1 aliphatic heterocycles. The number of furan rings is 1. The Kier molecular flexibility index (Phi) is 6.17. The van der Waals surface area contributed by atoms with Crippen LogP contribution in [0.15, 0.2) is 149 Å². The average Bonchev–Trinajstić information content (AvgIpc) is 3.45. The van der Waals surface area contributed by atoms with Crippen LogP contribution in [0.25, 0.3) is 33.1 Å². The van der Waals surface area contributed by atoms with Crippen LogP contribution in [0, 0.1) is 11.3 Å². The fraction of sp³-hybridized carbons (Fsp3) is 0.0256. The molecule has 208 valence electrons. The lowest BCUT2D eigenvalue weighted by atomic mass is 9.94. The third kappa shape index (κ3) is 4.56. The monoisotopic (exact) mass is 566 g/mol. The van der Waals surface area contributed by atoms with Crippen LogP contribution in [0.4, 0.5) is 17.1 Å². The predicted molar refractivity (Wildman–Crippen MR) is 178 cm³/mol. The molecule has 0 saturated carbocycles. The van der Waals surface area contributed by atoms with Crippen molar-refractivity contribution in [3.63, 3.8) is 0 Å². The average molecular weight is 567 g/mol. The zero-order valence-corrected chi connectivity index (χ0v) is 23.7. The largest absolute Gasteiger partial charge is 0.456 e. The second-order valence-corrected chi connectivity index (χ2v) is 10.9. The summed E-state index contributed by atoms with van der Waals surface area (Å²) in [6.45, 7) is 0. The lowest BCUT2D eigenvalue weighted by Gasteiger charge is -2.28. The molecule has 0 radical (unpaired) electrons. The summed E-state index contributed by atoms with van der Waals surface area (Å²) in [5, 5.41) is 19.1. The number of fused-ring (bicyclic) bond motifs is 4. The first kappa shape index (κ1) is 25.6. The summed E-state index contributed by atoms with van der Waals surface area (Å²) in [6, 6.07) is 49.2. The van der Waals surface area contributed by atoms with Crippen LogP contribution in [0.1, 0.15) is 28.3 Å². The van der Waals surface area contributed by atoms with Crippen molar-refractivity contribution in [1.29, 1.82) is 5.26 Å². The van der Waals surface area contributed by atoms with Crippen molar-refractivity contribution >= 4 is 44.8 Å². The second-order valence-electron chi connectivity index (χ2n) is 10.9. The fourth-order valence-corrected chi connectivity index (χ4v) is 6.03. The van der Waals surface area contributed by atoms with Gasteiger partial charge in [-0.2, -0.15) is 5.26 Å². The highest BCUT2D eigenvalue weighted by Crippen LogP contribution is 2.39. The molecule has 8 rings (SSSR count). The van der Waals surface area contributed by atoms with E-state index in [9.17, 15) is 5.26 Å². The minimum Gasteiger partial charge on any atom is -0.456 e. The summed E-state index contributed by atoms with van der Waals surface area (Å²) in [7, 11) is 0. The van der Waals surface area contributed by atoms with Crippen molar-refractivity contribution in [2.24, 2.45) is 4.99 Å². The van der Waals surface area contributed by atoms with Gasteiger partial charge >= 0.3 is 0 Å². The summed E-state index contributed by atoms with van der Waals surface area (Å²) < 4.78 is 6.24. The van der Waals surface area contributed by atoms with Crippen molar-refractivity contribution in [2.45, 2.75) is 6.04 Å². The van der Waals surface area contributed by atoms with Gasteiger partial charge in [0.2, 0.25) is 0 Å². The Bertz CT molecular complexity index is 2260. The summed E-state index contributed by atoms with van der Waals surface area (Å²) in [4.78, 5) is 5.02. The molecule has 0 saturated heterocycles. The number of amidine groups is 1. The predicted octanol–water partition coefficient (Wildman–Crippen LogP) is 9.64. The van der Waals surface area contributed by atoms with Gasteiger partial charge in [-0.15, -0.1) is 0 Å².